The molecule has 1 amide bonds. The van der Waals surface area contributed by atoms with Gasteiger partial charge in [0.25, 0.3) is 11.1 Å². The highest BCUT2D eigenvalue weighted by molar-refractivity contribution is 7.99. The summed E-state index contributed by atoms with van der Waals surface area (Å²) >= 11 is 2.59. The largest absolute Gasteiger partial charge is 0.496 e. The number of anilines is 1. The Morgan fingerprint density at radius 1 is 1.30 bits per heavy atom. The summed E-state index contributed by atoms with van der Waals surface area (Å²) in [7, 11) is 1.58. The van der Waals surface area contributed by atoms with Crippen molar-refractivity contribution in [2.45, 2.75) is 31.4 Å². The average molecular weight is 405 g/mol. The molecule has 0 saturated carbocycles. The van der Waals surface area contributed by atoms with Gasteiger partial charge in [-0.1, -0.05) is 44.7 Å². The van der Waals surface area contributed by atoms with Crippen LogP contribution in [0.2, 0.25) is 0 Å². The molecule has 0 unspecified atom stereocenters. The molecule has 3 aromatic rings. The molecule has 0 fully saturated rings. The van der Waals surface area contributed by atoms with Gasteiger partial charge in [0, 0.05) is 10.8 Å². The summed E-state index contributed by atoms with van der Waals surface area (Å²) in [6, 6.07) is 7.38. The van der Waals surface area contributed by atoms with Crippen LogP contribution in [0.4, 0.5) is 5.13 Å². The molecule has 0 aliphatic carbocycles. The van der Waals surface area contributed by atoms with Crippen molar-refractivity contribution < 1.29 is 13.9 Å². The first-order valence-electron chi connectivity index (χ1n) is 8.22. The predicted octanol–water partition coefficient (Wildman–Crippen LogP) is 4.23. The second-order valence-electron chi connectivity index (χ2n) is 6.70. The maximum atomic E-state index is 12.1. The zero-order valence-electron chi connectivity index (χ0n) is 15.5. The summed E-state index contributed by atoms with van der Waals surface area (Å²) in [5, 5.41) is 13.7. The van der Waals surface area contributed by atoms with E-state index in [1.807, 2.05) is 29.6 Å². The van der Waals surface area contributed by atoms with Crippen LogP contribution >= 0.6 is 23.1 Å². The molecular weight excluding hydrogens is 384 g/mol. The fourth-order valence-corrected chi connectivity index (χ4v) is 3.67. The van der Waals surface area contributed by atoms with E-state index in [4.69, 9.17) is 9.15 Å². The number of nitrogens with one attached hydrogen (secondary N) is 1. The second-order valence-corrected chi connectivity index (χ2v) is 8.48. The molecule has 142 valence electrons. The van der Waals surface area contributed by atoms with E-state index in [-0.39, 0.29) is 17.1 Å². The molecule has 3 rings (SSSR count). The number of methoxy groups -OCH3 is 1. The van der Waals surface area contributed by atoms with Crippen molar-refractivity contribution in [1.82, 2.24) is 15.2 Å². The first-order chi connectivity index (χ1) is 12.9. The first kappa shape index (κ1) is 19.4. The van der Waals surface area contributed by atoms with Crippen LogP contribution in [0.1, 0.15) is 26.5 Å². The highest BCUT2D eigenvalue weighted by Crippen LogP contribution is 2.30. The summed E-state index contributed by atoms with van der Waals surface area (Å²) in [6.07, 6.45) is 0. The van der Waals surface area contributed by atoms with E-state index in [2.05, 4.69) is 41.3 Å². The molecule has 0 bridgehead atoms. The zero-order chi connectivity index (χ0) is 19.4. The third-order valence-corrected chi connectivity index (χ3v) is 5.17. The molecule has 2 heterocycles. The highest BCUT2D eigenvalue weighted by atomic mass is 32.2. The molecule has 0 saturated heterocycles. The number of amides is 1. The number of hydrogen-bond donors (Lipinski definition) is 1. The van der Waals surface area contributed by atoms with Gasteiger partial charge in [0.1, 0.15) is 5.75 Å². The van der Waals surface area contributed by atoms with Crippen molar-refractivity contribution in [2.24, 2.45) is 0 Å². The quantitative estimate of drug-likeness (QED) is 0.615. The van der Waals surface area contributed by atoms with E-state index in [9.17, 15) is 4.79 Å². The topological polar surface area (TPSA) is 90.1 Å². The molecular formula is C18H20N4O3S2. The summed E-state index contributed by atoms with van der Waals surface area (Å²) in [5.74, 6) is 0.976. The van der Waals surface area contributed by atoms with Crippen LogP contribution in [0.5, 0.6) is 5.75 Å². The number of nitrogens with zero attached hydrogens (tertiary/aromatic N) is 3. The van der Waals surface area contributed by atoms with Gasteiger partial charge in [0.2, 0.25) is 5.91 Å². The Hall–Kier alpha value is -2.39. The average Bonchev–Trinajstić information content (AvgIpc) is 3.29. The van der Waals surface area contributed by atoms with Gasteiger partial charge in [-0.05, 0) is 12.1 Å². The number of rotatable bonds is 6. The lowest BCUT2D eigenvalue weighted by Gasteiger charge is -2.14. The molecule has 1 N–H and O–H groups in total. The minimum Gasteiger partial charge on any atom is -0.496 e. The fourth-order valence-electron chi connectivity index (χ4n) is 2.16. The van der Waals surface area contributed by atoms with E-state index < -0.39 is 0 Å². The highest BCUT2D eigenvalue weighted by Gasteiger charge is 2.19. The monoisotopic (exact) mass is 404 g/mol. The summed E-state index contributed by atoms with van der Waals surface area (Å²) in [6.45, 7) is 6.25. The first-order valence-corrected chi connectivity index (χ1v) is 10.1. The number of hydrogen-bond acceptors (Lipinski definition) is 8. The summed E-state index contributed by atoms with van der Waals surface area (Å²) in [4.78, 5) is 16.6. The molecule has 2 aromatic heterocycles. The van der Waals surface area contributed by atoms with Gasteiger partial charge in [-0.2, -0.15) is 0 Å². The van der Waals surface area contributed by atoms with E-state index in [1.165, 1.54) is 23.1 Å². The minimum atomic E-state index is -0.174. The molecule has 0 radical (unpaired) electrons. The zero-order valence-corrected chi connectivity index (χ0v) is 17.1. The normalized spacial score (nSPS) is 11.4. The van der Waals surface area contributed by atoms with Gasteiger partial charge >= 0.3 is 0 Å². The summed E-state index contributed by atoms with van der Waals surface area (Å²) in [5.41, 5.74) is 1.61. The van der Waals surface area contributed by atoms with E-state index >= 15 is 0 Å². The van der Waals surface area contributed by atoms with Gasteiger partial charge < -0.3 is 14.5 Å². The Balaban J connectivity index is 1.58. The lowest BCUT2D eigenvalue weighted by molar-refractivity contribution is -0.113. The number of thiazole rings is 1. The van der Waals surface area contributed by atoms with Gasteiger partial charge in [-0.3, -0.25) is 4.79 Å². The van der Waals surface area contributed by atoms with E-state index in [1.54, 1.807) is 7.11 Å². The van der Waals surface area contributed by atoms with Gasteiger partial charge in [-0.15, -0.1) is 21.5 Å². The molecule has 1 aromatic carbocycles. The van der Waals surface area contributed by atoms with Crippen molar-refractivity contribution in [1.29, 1.82) is 0 Å². The lowest BCUT2D eigenvalue weighted by atomic mass is 9.93. The summed E-state index contributed by atoms with van der Waals surface area (Å²) < 4.78 is 10.9. The van der Waals surface area contributed by atoms with Crippen molar-refractivity contribution in [2.75, 3.05) is 18.2 Å². The Kier molecular flexibility index (Phi) is 5.81. The van der Waals surface area contributed by atoms with Gasteiger partial charge in [0.15, 0.2) is 5.13 Å². The van der Waals surface area contributed by atoms with Crippen LogP contribution in [0.15, 0.2) is 39.3 Å². The number of para-hydroxylation sites is 1. The van der Waals surface area contributed by atoms with Crippen molar-refractivity contribution in [3.63, 3.8) is 0 Å². The molecule has 0 spiro atoms. The SMILES string of the molecule is COc1ccccc1-c1nnc(SCC(=O)Nc2nc(C(C)(C)C)cs2)o1. The number of thioether (sulfide) groups is 1. The molecule has 7 nitrogen and oxygen atoms in total. The standard InChI is InChI=1S/C18H20N4O3S2/c1-18(2,3)13-9-26-16(19-13)20-14(23)10-27-17-22-21-15(25-17)11-7-5-6-8-12(11)24-4/h5-9H,10H2,1-4H3,(H,19,20,23). The van der Waals surface area contributed by atoms with Gasteiger partial charge in [0.05, 0.1) is 24.1 Å². The smallest absolute Gasteiger partial charge is 0.277 e. The van der Waals surface area contributed by atoms with Gasteiger partial charge in [-0.25, -0.2) is 4.98 Å². The number of ether oxygens (including phenoxy) is 1. The molecule has 9 heteroatoms. The Labute approximate surface area is 165 Å². The van der Waals surface area contributed by atoms with E-state index in [0.717, 1.165) is 5.69 Å². The van der Waals surface area contributed by atoms with Crippen LogP contribution < -0.4 is 10.1 Å². The molecule has 0 atom stereocenters. The van der Waals surface area contributed by atoms with Crippen LogP contribution in [0.3, 0.4) is 0 Å². The predicted molar refractivity (Wildman–Crippen MR) is 106 cm³/mol. The van der Waals surface area contributed by atoms with E-state index in [0.29, 0.717) is 27.6 Å². The maximum absolute atomic E-state index is 12.1. The number of carbonyl (C=O) groups is 1. The van der Waals surface area contributed by atoms with Crippen LogP contribution in [-0.4, -0.2) is 34.0 Å². The van der Waals surface area contributed by atoms with Crippen molar-refractivity contribution in [3.8, 4) is 17.2 Å². The Morgan fingerprint density at radius 2 is 2.07 bits per heavy atom. The third kappa shape index (κ3) is 4.86. The number of carbonyl (C=O) groups excluding carboxylic acids is 1. The number of aromatic nitrogens is 3. The second kappa shape index (κ2) is 8.10. The third-order valence-electron chi connectivity index (χ3n) is 3.59. The van der Waals surface area contributed by atoms with Crippen LogP contribution in [0.25, 0.3) is 11.5 Å². The Bertz CT molecular complexity index is 931. The molecule has 27 heavy (non-hydrogen) atoms. The maximum Gasteiger partial charge on any atom is 0.277 e. The van der Waals surface area contributed by atoms with Crippen molar-refractivity contribution in [3.05, 3.63) is 35.3 Å². The number of benzene rings is 1. The van der Waals surface area contributed by atoms with Crippen LogP contribution in [-0.2, 0) is 10.2 Å². The fraction of sp³-hybridized carbons (Fsp3) is 0.333. The van der Waals surface area contributed by atoms with Crippen molar-refractivity contribution >= 4 is 34.1 Å². The Morgan fingerprint density at radius 3 is 2.78 bits per heavy atom. The molecule has 0 aliphatic heterocycles. The lowest BCUT2D eigenvalue weighted by Crippen LogP contribution is -2.15. The minimum absolute atomic E-state index is 0.0487. The van der Waals surface area contributed by atoms with Crippen LogP contribution in [0, 0.1) is 0 Å². The molecule has 0 aliphatic rings.